The molecule has 2 heterocycles. The molecule has 2 atom stereocenters. The Balaban J connectivity index is 1.32. The smallest absolute Gasteiger partial charge is 0.0629 e. The van der Waals surface area contributed by atoms with E-state index >= 15 is 0 Å². The van der Waals surface area contributed by atoms with E-state index in [1.165, 1.54) is 55.6 Å². The zero-order chi connectivity index (χ0) is 25.1. The summed E-state index contributed by atoms with van der Waals surface area (Å²) in [5.74, 6) is 0.378. The monoisotopic (exact) mass is 486 g/mol. The number of hydrogen-bond acceptors (Lipinski definition) is 1. The molecule has 2 unspecified atom stereocenters. The van der Waals surface area contributed by atoms with E-state index in [0.29, 0.717) is 5.92 Å². The summed E-state index contributed by atoms with van der Waals surface area (Å²) in [5, 5.41) is 2.56. The van der Waals surface area contributed by atoms with Crippen LogP contribution in [0.2, 0.25) is 0 Å². The van der Waals surface area contributed by atoms with Gasteiger partial charge in [-0.1, -0.05) is 109 Å². The molecule has 8 rings (SSSR count). The lowest BCUT2D eigenvalue weighted by molar-refractivity contribution is 0.745. The summed E-state index contributed by atoms with van der Waals surface area (Å²) in [4.78, 5) is 2.51. The van der Waals surface area contributed by atoms with E-state index < -0.39 is 0 Å². The van der Waals surface area contributed by atoms with Gasteiger partial charge in [0.2, 0.25) is 0 Å². The average molecular weight is 487 g/mol. The van der Waals surface area contributed by atoms with E-state index in [-0.39, 0.29) is 6.04 Å². The molecular formula is C36H26N2. The summed E-state index contributed by atoms with van der Waals surface area (Å²) < 4.78 is 2.42. The van der Waals surface area contributed by atoms with Crippen molar-refractivity contribution in [1.29, 1.82) is 0 Å². The van der Waals surface area contributed by atoms with Gasteiger partial charge in [0.15, 0.2) is 0 Å². The second-order valence-electron chi connectivity index (χ2n) is 10.2. The molecule has 0 saturated carbocycles. The lowest BCUT2D eigenvalue weighted by Gasteiger charge is -2.29. The van der Waals surface area contributed by atoms with E-state index in [1.54, 1.807) is 0 Å². The van der Waals surface area contributed by atoms with Crippen molar-refractivity contribution >= 4 is 33.2 Å². The van der Waals surface area contributed by atoms with Gasteiger partial charge in [-0.3, -0.25) is 0 Å². The van der Waals surface area contributed by atoms with Crippen LogP contribution in [-0.4, -0.2) is 10.6 Å². The van der Waals surface area contributed by atoms with Gasteiger partial charge in [-0.15, -0.1) is 0 Å². The Kier molecular flexibility index (Phi) is 4.68. The van der Waals surface area contributed by atoms with E-state index in [4.69, 9.17) is 0 Å². The molecule has 2 aliphatic rings. The van der Waals surface area contributed by atoms with Crippen LogP contribution in [-0.2, 0) is 0 Å². The lowest BCUT2D eigenvalue weighted by Crippen LogP contribution is -2.28. The van der Waals surface area contributed by atoms with Gasteiger partial charge in [-0.25, -0.2) is 0 Å². The molecule has 0 saturated heterocycles. The van der Waals surface area contributed by atoms with Gasteiger partial charge in [0, 0.05) is 33.8 Å². The lowest BCUT2D eigenvalue weighted by atomic mass is 9.91. The third kappa shape index (κ3) is 3.13. The van der Waals surface area contributed by atoms with Crippen LogP contribution >= 0.6 is 0 Å². The van der Waals surface area contributed by atoms with Gasteiger partial charge in [0.05, 0.1) is 17.1 Å². The second kappa shape index (κ2) is 8.36. The van der Waals surface area contributed by atoms with Crippen molar-refractivity contribution in [1.82, 2.24) is 4.57 Å². The van der Waals surface area contributed by atoms with Crippen molar-refractivity contribution in [3.63, 3.8) is 0 Å². The summed E-state index contributed by atoms with van der Waals surface area (Å²) in [7, 11) is 0. The normalized spacial score (nSPS) is 17.7. The maximum Gasteiger partial charge on any atom is 0.0629 e. The highest BCUT2D eigenvalue weighted by Crippen LogP contribution is 2.48. The van der Waals surface area contributed by atoms with Crippen molar-refractivity contribution < 1.29 is 0 Å². The number of para-hydroxylation sites is 2. The number of nitrogens with zero attached hydrogens (tertiary/aromatic N) is 2. The Morgan fingerprint density at radius 2 is 1.18 bits per heavy atom. The van der Waals surface area contributed by atoms with Gasteiger partial charge < -0.3 is 9.47 Å². The van der Waals surface area contributed by atoms with Crippen molar-refractivity contribution in [3.05, 3.63) is 151 Å². The first-order valence-corrected chi connectivity index (χ1v) is 13.3. The van der Waals surface area contributed by atoms with E-state index in [0.717, 1.165) is 0 Å². The van der Waals surface area contributed by atoms with Crippen molar-refractivity contribution in [2.45, 2.75) is 12.0 Å². The molecule has 6 aromatic rings. The molecule has 1 aromatic heterocycles. The minimum Gasteiger partial charge on any atom is -0.333 e. The fraction of sp³-hybridized carbons (Fsp3) is 0.0556. The quantitative estimate of drug-likeness (QED) is 0.242. The number of hydrogen-bond donors (Lipinski definition) is 0. The predicted molar refractivity (Wildman–Crippen MR) is 160 cm³/mol. The Morgan fingerprint density at radius 1 is 0.500 bits per heavy atom. The molecule has 0 radical (unpaired) electrons. The summed E-state index contributed by atoms with van der Waals surface area (Å²) >= 11 is 0. The van der Waals surface area contributed by atoms with Crippen LogP contribution < -0.4 is 4.90 Å². The molecule has 0 amide bonds. The average Bonchev–Trinajstić information content (AvgIpc) is 3.50. The highest BCUT2D eigenvalue weighted by Gasteiger charge is 2.37. The number of fused-ring (bicyclic) bond motifs is 6. The highest BCUT2D eigenvalue weighted by molar-refractivity contribution is 6.10. The third-order valence-electron chi connectivity index (χ3n) is 8.13. The van der Waals surface area contributed by atoms with Crippen LogP contribution in [0.4, 0.5) is 11.4 Å². The SMILES string of the molecule is C1=CC2c3ccccc3N(c3ccc4c5ccccc5n(-c5ccc(-c6ccccc6)cc5)c4c3)C2C=C1. The molecule has 2 heteroatoms. The van der Waals surface area contributed by atoms with E-state index in [1.807, 2.05) is 0 Å². The Hall–Kier alpha value is -4.82. The Labute approximate surface area is 222 Å². The van der Waals surface area contributed by atoms with Crippen LogP contribution in [0.1, 0.15) is 11.5 Å². The van der Waals surface area contributed by atoms with E-state index in [9.17, 15) is 0 Å². The predicted octanol–water partition coefficient (Wildman–Crippen LogP) is 9.18. The first-order chi connectivity index (χ1) is 18.9. The number of aromatic nitrogens is 1. The van der Waals surface area contributed by atoms with Crippen LogP contribution in [0.3, 0.4) is 0 Å². The van der Waals surface area contributed by atoms with Gasteiger partial charge in [-0.05, 0) is 53.1 Å². The minimum absolute atomic E-state index is 0.290. The molecule has 2 nitrogen and oxygen atoms in total. The molecule has 0 spiro atoms. The number of allylic oxidation sites excluding steroid dienone is 2. The summed E-state index contributed by atoms with van der Waals surface area (Å²) in [5.41, 5.74) is 10.0. The number of benzene rings is 5. The van der Waals surface area contributed by atoms with Crippen molar-refractivity contribution in [3.8, 4) is 16.8 Å². The summed E-state index contributed by atoms with van der Waals surface area (Å²) in [6.07, 6.45) is 9.05. The highest BCUT2D eigenvalue weighted by atomic mass is 15.2. The molecule has 38 heavy (non-hydrogen) atoms. The number of rotatable bonds is 3. The zero-order valence-electron chi connectivity index (χ0n) is 20.9. The van der Waals surface area contributed by atoms with Gasteiger partial charge >= 0.3 is 0 Å². The zero-order valence-corrected chi connectivity index (χ0v) is 20.9. The second-order valence-corrected chi connectivity index (χ2v) is 10.2. The standard InChI is InChI=1S/C36H26N2/c1-2-10-25(11-3-1)26-18-20-27(21-19-26)37-33-15-7-6-14-31(33)32-23-22-28(24-36(32)37)38-34-16-8-4-12-29(34)30-13-5-9-17-35(30)38/h1-24,29,34H. The Bertz CT molecular complexity index is 1870. The first kappa shape index (κ1) is 21.3. The van der Waals surface area contributed by atoms with Crippen molar-refractivity contribution in [2.24, 2.45) is 0 Å². The fourth-order valence-corrected chi connectivity index (χ4v) is 6.41. The first-order valence-electron chi connectivity index (χ1n) is 13.3. The fourth-order valence-electron chi connectivity index (χ4n) is 6.41. The van der Waals surface area contributed by atoms with Crippen LogP contribution in [0, 0.1) is 0 Å². The minimum atomic E-state index is 0.290. The van der Waals surface area contributed by atoms with Gasteiger partial charge in [-0.2, -0.15) is 0 Å². The van der Waals surface area contributed by atoms with Gasteiger partial charge in [0.1, 0.15) is 0 Å². The molecule has 0 bridgehead atoms. The van der Waals surface area contributed by atoms with Crippen LogP contribution in [0.5, 0.6) is 0 Å². The maximum atomic E-state index is 2.51. The molecule has 5 aromatic carbocycles. The maximum absolute atomic E-state index is 2.51. The molecule has 0 N–H and O–H groups in total. The largest absolute Gasteiger partial charge is 0.333 e. The topological polar surface area (TPSA) is 8.17 Å². The van der Waals surface area contributed by atoms with E-state index in [2.05, 4.69) is 155 Å². The summed E-state index contributed by atoms with van der Waals surface area (Å²) in [6.45, 7) is 0. The molecule has 1 aliphatic heterocycles. The van der Waals surface area contributed by atoms with Crippen LogP contribution in [0.25, 0.3) is 38.6 Å². The molecule has 1 aliphatic carbocycles. The van der Waals surface area contributed by atoms with Gasteiger partial charge in [0.25, 0.3) is 0 Å². The molecular weight excluding hydrogens is 460 g/mol. The Morgan fingerprint density at radius 3 is 2.08 bits per heavy atom. The van der Waals surface area contributed by atoms with Crippen molar-refractivity contribution in [2.75, 3.05) is 4.90 Å². The van der Waals surface area contributed by atoms with Crippen LogP contribution in [0.15, 0.2) is 146 Å². The molecule has 180 valence electrons. The summed E-state index contributed by atoms with van der Waals surface area (Å²) in [6, 6.07) is 44.4. The number of anilines is 2. The third-order valence-corrected chi connectivity index (χ3v) is 8.13. The molecule has 0 fully saturated rings.